The van der Waals surface area contributed by atoms with Gasteiger partial charge in [0.2, 0.25) is 0 Å². The smallest absolute Gasteiger partial charge is 0.134 e. The van der Waals surface area contributed by atoms with Gasteiger partial charge in [-0.15, -0.1) is 0 Å². The van der Waals surface area contributed by atoms with Crippen molar-refractivity contribution < 1.29 is 5.11 Å². The zero-order valence-electron chi connectivity index (χ0n) is 11.1. The molecule has 17 heavy (non-hydrogen) atoms. The summed E-state index contributed by atoms with van der Waals surface area (Å²) in [5.41, 5.74) is 0. The minimum atomic E-state index is -0.284. The third-order valence-corrected chi connectivity index (χ3v) is 2.60. The van der Waals surface area contributed by atoms with Crippen molar-refractivity contribution in [1.82, 2.24) is 9.97 Å². The van der Waals surface area contributed by atoms with Gasteiger partial charge in [0, 0.05) is 33.1 Å². The second kappa shape index (κ2) is 6.39. The van der Waals surface area contributed by atoms with Crippen LogP contribution < -0.4 is 10.2 Å². The Balaban J connectivity index is 2.80. The molecule has 0 aromatic carbocycles. The van der Waals surface area contributed by atoms with Crippen LogP contribution in [0.4, 0.5) is 11.6 Å². The first kappa shape index (κ1) is 13.7. The third kappa shape index (κ3) is 4.19. The molecule has 0 aliphatic carbocycles. The Hall–Kier alpha value is -1.36. The number of rotatable bonds is 6. The summed E-state index contributed by atoms with van der Waals surface area (Å²) in [6.45, 7) is 4.61. The van der Waals surface area contributed by atoms with Gasteiger partial charge >= 0.3 is 0 Å². The number of nitrogens with one attached hydrogen (secondary N) is 1. The first-order chi connectivity index (χ1) is 8.06. The Kier molecular flexibility index (Phi) is 5.15. The van der Waals surface area contributed by atoms with E-state index in [0.717, 1.165) is 36.8 Å². The van der Waals surface area contributed by atoms with Crippen LogP contribution in [0.2, 0.25) is 0 Å². The molecule has 5 nitrogen and oxygen atoms in total. The van der Waals surface area contributed by atoms with Gasteiger partial charge in [-0.25, -0.2) is 9.97 Å². The lowest BCUT2D eigenvalue weighted by molar-refractivity contribution is 0.187. The van der Waals surface area contributed by atoms with E-state index in [4.69, 9.17) is 0 Å². The highest BCUT2D eigenvalue weighted by molar-refractivity contribution is 5.48. The van der Waals surface area contributed by atoms with Crippen molar-refractivity contribution in [2.75, 3.05) is 30.9 Å². The van der Waals surface area contributed by atoms with E-state index in [9.17, 15) is 5.11 Å². The van der Waals surface area contributed by atoms with Crippen LogP contribution in [0.15, 0.2) is 6.07 Å². The predicted octanol–water partition coefficient (Wildman–Crippen LogP) is 1.29. The number of anilines is 2. The van der Waals surface area contributed by atoms with Gasteiger partial charge in [-0.2, -0.15) is 0 Å². The summed E-state index contributed by atoms with van der Waals surface area (Å²) in [6.07, 6.45) is 1.26. The molecule has 1 heterocycles. The quantitative estimate of drug-likeness (QED) is 0.782. The third-order valence-electron chi connectivity index (χ3n) is 2.60. The molecule has 0 radical (unpaired) electrons. The largest absolute Gasteiger partial charge is 0.393 e. The van der Waals surface area contributed by atoms with Crippen molar-refractivity contribution in [3.05, 3.63) is 11.9 Å². The average molecular weight is 238 g/mol. The maximum atomic E-state index is 9.28. The van der Waals surface area contributed by atoms with Crippen molar-refractivity contribution in [3.8, 4) is 0 Å². The van der Waals surface area contributed by atoms with Crippen LogP contribution in [-0.2, 0) is 6.42 Å². The lowest BCUT2D eigenvalue weighted by Crippen LogP contribution is -2.23. The molecule has 0 amide bonds. The average Bonchev–Trinajstić information content (AvgIpc) is 2.34. The molecule has 0 spiro atoms. The molecule has 1 atom stereocenters. The minimum Gasteiger partial charge on any atom is -0.393 e. The maximum Gasteiger partial charge on any atom is 0.134 e. The lowest BCUT2D eigenvalue weighted by atomic mass is 10.3. The van der Waals surface area contributed by atoms with E-state index >= 15 is 0 Å². The van der Waals surface area contributed by atoms with Gasteiger partial charge in [-0.3, -0.25) is 0 Å². The number of hydrogen-bond donors (Lipinski definition) is 2. The van der Waals surface area contributed by atoms with Crippen molar-refractivity contribution in [3.63, 3.8) is 0 Å². The number of nitrogens with zero attached hydrogens (tertiary/aromatic N) is 3. The number of aromatic nitrogens is 2. The van der Waals surface area contributed by atoms with Crippen LogP contribution in [0.5, 0.6) is 0 Å². The highest BCUT2D eigenvalue weighted by atomic mass is 16.3. The fourth-order valence-electron chi connectivity index (χ4n) is 1.46. The van der Waals surface area contributed by atoms with E-state index in [1.54, 1.807) is 6.92 Å². The Morgan fingerprint density at radius 1 is 1.47 bits per heavy atom. The van der Waals surface area contributed by atoms with Gasteiger partial charge in [0.1, 0.15) is 17.5 Å². The molecule has 1 rings (SSSR count). The first-order valence-corrected chi connectivity index (χ1v) is 6.01. The summed E-state index contributed by atoms with van der Waals surface area (Å²) in [6, 6.07) is 1.92. The van der Waals surface area contributed by atoms with Crippen LogP contribution >= 0.6 is 0 Å². The minimum absolute atomic E-state index is 0.284. The molecule has 1 unspecified atom stereocenters. The van der Waals surface area contributed by atoms with Crippen molar-refractivity contribution in [2.24, 2.45) is 0 Å². The molecule has 2 N–H and O–H groups in total. The van der Waals surface area contributed by atoms with Gasteiger partial charge in [0.05, 0.1) is 6.10 Å². The maximum absolute atomic E-state index is 9.28. The second-order valence-corrected chi connectivity index (χ2v) is 4.19. The van der Waals surface area contributed by atoms with Crippen molar-refractivity contribution in [2.45, 2.75) is 32.8 Å². The number of aliphatic hydroxyl groups is 1. The topological polar surface area (TPSA) is 61.3 Å². The monoisotopic (exact) mass is 238 g/mol. The van der Waals surface area contributed by atoms with Gasteiger partial charge in [-0.1, -0.05) is 6.92 Å². The van der Waals surface area contributed by atoms with E-state index < -0.39 is 0 Å². The molecule has 96 valence electrons. The summed E-state index contributed by atoms with van der Waals surface area (Å²) >= 11 is 0. The molecule has 0 aliphatic rings. The molecule has 0 fully saturated rings. The van der Waals surface area contributed by atoms with E-state index in [1.165, 1.54) is 0 Å². The summed E-state index contributed by atoms with van der Waals surface area (Å²) in [4.78, 5) is 10.9. The summed E-state index contributed by atoms with van der Waals surface area (Å²) < 4.78 is 0. The standard InChI is InChI=1S/C12H22N4O/c1-5-10-14-11(13-3)8-12(15-10)16(4)7-6-9(2)17/h8-9,17H,5-7H2,1-4H3,(H,13,14,15). The summed E-state index contributed by atoms with van der Waals surface area (Å²) in [7, 11) is 3.82. The van der Waals surface area contributed by atoms with E-state index in [2.05, 4.69) is 15.3 Å². The summed E-state index contributed by atoms with van der Waals surface area (Å²) in [5.74, 6) is 2.55. The molecule has 0 saturated carbocycles. The Labute approximate surface area is 103 Å². The van der Waals surface area contributed by atoms with Gasteiger partial charge < -0.3 is 15.3 Å². The molecular weight excluding hydrogens is 216 g/mol. The summed E-state index contributed by atoms with van der Waals surface area (Å²) in [5, 5.41) is 12.3. The van der Waals surface area contributed by atoms with E-state index in [0.29, 0.717) is 0 Å². The number of aliphatic hydroxyl groups excluding tert-OH is 1. The molecule has 0 aliphatic heterocycles. The zero-order valence-corrected chi connectivity index (χ0v) is 11.1. The van der Waals surface area contributed by atoms with Crippen LogP contribution in [0, 0.1) is 0 Å². The van der Waals surface area contributed by atoms with E-state index in [-0.39, 0.29) is 6.10 Å². The highest BCUT2D eigenvalue weighted by Crippen LogP contribution is 2.15. The number of hydrogen-bond acceptors (Lipinski definition) is 5. The van der Waals surface area contributed by atoms with Crippen LogP contribution in [0.3, 0.4) is 0 Å². The number of aryl methyl sites for hydroxylation is 1. The fourth-order valence-corrected chi connectivity index (χ4v) is 1.46. The molecule has 0 bridgehead atoms. The van der Waals surface area contributed by atoms with Crippen LogP contribution in [0.1, 0.15) is 26.1 Å². The normalized spacial score (nSPS) is 12.3. The molecule has 1 aromatic rings. The van der Waals surface area contributed by atoms with Gasteiger partial charge in [0.15, 0.2) is 0 Å². The molecule has 0 saturated heterocycles. The van der Waals surface area contributed by atoms with E-state index in [1.807, 2.05) is 32.0 Å². The second-order valence-electron chi connectivity index (χ2n) is 4.19. The highest BCUT2D eigenvalue weighted by Gasteiger charge is 2.08. The van der Waals surface area contributed by atoms with Crippen molar-refractivity contribution >= 4 is 11.6 Å². The lowest BCUT2D eigenvalue weighted by Gasteiger charge is -2.20. The van der Waals surface area contributed by atoms with Gasteiger partial charge in [0.25, 0.3) is 0 Å². The molecule has 1 aromatic heterocycles. The Morgan fingerprint density at radius 3 is 2.71 bits per heavy atom. The molecule has 5 heteroatoms. The SMILES string of the molecule is CCc1nc(NC)cc(N(C)CCC(C)O)n1. The van der Waals surface area contributed by atoms with Crippen molar-refractivity contribution in [1.29, 1.82) is 0 Å². The molecular formula is C12H22N4O. The zero-order chi connectivity index (χ0) is 12.8. The van der Waals surface area contributed by atoms with Gasteiger partial charge in [-0.05, 0) is 13.3 Å². The predicted molar refractivity (Wildman–Crippen MR) is 70.5 cm³/mol. The van der Waals surface area contributed by atoms with Crippen LogP contribution in [0.25, 0.3) is 0 Å². The van der Waals surface area contributed by atoms with Crippen LogP contribution in [-0.4, -0.2) is 41.8 Å². The Bertz CT molecular complexity index is 332. The fraction of sp³-hybridized carbons (Fsp3) is 0.667. The Morgan fingerprint density at radius 2 is 2.18 bits per heavy atom. The first-order valence-electron chi connectivity index (χ1n) is 6.01.